The maximum Gasteiger partial charge on any atom is 0.0950 e. The van der Waals surface area contributed by atoms with Gasteiger partial charge in [-0.3, -0.25) is 0 Å². The van der Waals surface area contributed by atoms with Crippen LogP contribution in [0.5, 0.6) is 0 Å². The van der Waals surface area contributed by atoms with Gasteiger partial charge in [0.15, 0.2) is 0 Å². The zero-order valence-corrected chi connectivity index (χ0v) is 9.29. The third-order valence-electron chi connectivity index (χ3n) is 2.53. The predicted octanol–water partition coefficient (Wildman–Crippen LogP) is 1.88. The Morgan fingerprint density at radius 3 is 2.93 bits per heavy atom. The van der Waals surface area contributed by atoms with E-state index in [1.54, 1.807) is 12.5 Å². The van der Waals surface area contributed by atoms with Crippen LogP contribution in [0, 0.1) is 0 Å². The SMILES string of the molecule is CCN(C)CCNC(C)c1ccoc1. The number of likely N-dealkylation sites (N-methyl/N-ethyl adjacent to an activating group) is 1. The fourth-order valence-corrected chi connectivity index (χ4v) is 1.27. The smallest absolute Gasteiger partial charge is 0.0950 e. The van der Waals surface area contributed by atoms with Gasteiger partial charge in [0.05, 0.1) is 12.5 Å². The predicted molar refractivity (Wildman–Crippen MR) is 58.3 cm³/mol. The van der Waals surface area contributed by atoms with Crippen LogP contribution in [0.2, 0.25) is 0 Å². The Kier molecular flexibility index (Phi) is 4.70. The Labute approximate surface area is 86.1 Å². The molecule has 1 N–H and O–H groups in total. The quantitative estimate of drug-likeness (QED) is 0.753. The third-order valence-corrected chi connectivity index (χ3v) is 2.53. The molecule has 0 aliphatic carbocycles. The number of hydrogen-bond donors (Lipinski definition) is 1. The van der Waals surface area contributed by atoms with Gasteiger partial charge in [0, 0.05) is 24.7 Å². The summed E-state index contributed by atoms with van der Waals surface area (Å²) < 4.78 is 5.03. The Balaban J connectivity index is 2.19. The van der Waals surface area contributed by atoms with Crippen molar-refractivity contribution < 1.29 is 4.42 Å². The maximum atomic E-state index is 5.03. The van der Waals surface area contributed by atoms with Crippen LogP contribution >= 0.6 is 0 Å². The first-order valence-electron chi connectivity index (χ1n) is 5.18. The molecule has 1 rings (SSSR count). The van der Waals surface area contributed by atoms with Gasteiger partial charge >= 0.3 is 0 Å². The zero-order valence-electron chi connectivity index (χ0n) is 9.29. The molecule has 0 aliphatic heterocycles. The highest BCUT2D eigenvalue weighted by molar-refractivity contribution is 5.09. The van der Waals surface area contributed by atoms with Crippen LogP contribution in [0.1, 0.15) is 25.5 Å². The van der Waals surface area contributed by atoms with Gasteiger partial charge in [-0.25, -0.2) is 0 Å². The largest absolute Gasteiger partial charge is 0.472 e. The molecule has 1 aromatic rings. The average Bonchev–Trinajstić information content (AvgIpc) is 2.70. The van der Waals surface area contributed by atoms with Gasteiger partial charge < -0.3 is 14.6 Å². The molecule has 14 heavy (non-hydrogen) atoms. The van der Waals surface area contributed by atoms with E-state index in [9.17, 15) is 0 Å². The van der Waals surface area contributed by atoms with E-state index in [1.807, 2.05) is 6.07 Å². The summed E-state index contributed by atoms with van der Waals surface area (Å²) in [6, 6.07) is 2.38. The van der Waals surface area contributed by atoms with Crippen LogP contribution in [0.4, 0.5) is 0 Å². The van der Waals surface area contributed by atoms with Gasteiger partial charge in [-0.2, -0.15) is 0 Å². The lowest BCUT2D eigenvalue weighted by Crippen LogP contribution is -2.30. The molecule has 1 aromatic heterocycles. The summed E-state index contributed by atoms with van der Waals surface area (Å²) in [5, 5.41) is 3.45. The first-order chi connectivity index (χ1) is 6.74. The fraction of sp³-hybridized carbons (Fsp3) is 0.636. The standard InChI is InChI=1S/C11H20N2O/c1-4-13(3)7-6-12-10(2)11-5-8-14-9-11/h5,8-10,12H,4,6-7H2,1-3H3. The highest BCUT2D eigenvalue weighted by Gasteiger charge is 2.05. The zero-order chi connectivity index (χ0) is 10.4. The summed E-state index contributed by atoms with van der Waals surface area (Å²) in [5.74, 6) is 0. The second-order valence-corrected chi connectivity index (χ2v) is 3.63. The normalized spacial score (nSPS) is 13.4. The molecule has 1 heterocycles. The van der Waals surface area contributed by atoms with Crippen molar-refractivity contribution in [2.24, 2.45) is 0 Å². The van der Waals surface area contributed by atoms with Crippen molar-refractivity contribution in [1.29, 1.82) is 0 Å². The van der Waals surface area contributed by atoms with Crippen molar-refractivity contribution in [1.82, 2.24) is 10.2 Å². The topological polar surface area (TPSA) is 28.4 Å². The van der Waals surface area contributed by atoms with Crippen LogP contribution in [0.3, 0.4) is 0 Å². The lowest BCUT2D eigenvalue weighted by molar-refractivity contribution is 0.342. The monoisotopic (exact) mass is 196 g/mol. The number of rotatable bonds is 6. The molecule has 1 unspecified atom stereocenters. The second kappa shape index (κ2) is 5.83. The lowest BCUT2D eigenvalue weighted by Gasteiger charge is -2.16. The van der Waals surface area contributed by atoms with Gasteiger partial charge in [0.2, 0.25) is 0 Å². The molecule has 3 nitrogen and oxygen atoms in total. The Morgan fingerprint density at radius 2 is 2.36 bits per heavy atom. The number of nitrogens with zero attached hydrogens (tertiary/aromatic N) is 1. The van der Waals surface area contributed by atoms with E-state index in [1.165, 1.54) is 5.56 Å². The molecule has 0 fully saturated rings. The summed E-state index contributed by atoms with van der Waals surface area (Å²) in [6.45, 7) is 7.51. The second-order valence-electron chi connectivity index (χ2n) is 3.63. The van der Waals surface area contributed by atoms with Crippen LogP contribution < -0.4 is 5.32 Å². The third kappa shape index (κ3) is 3.52. The van der Waals surface area contributed by atoms with Crippen LogP contribution in [0.15, 0.2) is 23.0 Å². The summed E-state index contributed by atoms with van der Waals surface area (Å²) in [7, 11) is 2.13. The maximum absolute atomic E-state index is 5.03. The highest BCUT2D eigenvalue weighted by Crippen LogP contribution is 2.11. The van der Waals surface area contributed by atoms with E-state index >= 15 is 0 Å². The van der Waals surface area contributed by atoms with Crippen molar-refractivity contribution in [3.05, 3.63) is 24.2 Å². The summed E-state index contributed by atoms with van der Waals surface area (Å²) in [5.41, 5.74) is 1.21. The van der Waals surface area contributed by atoms with E-state index < -0.39 is 0 Å². The van der Waals surface area contributed by atoms with Crippen molar-refractivity contribution in [2.45, 2.75) is 19.9 Å². The first kappa shape index (κ1) is 11.3. The van der Waals surface area contributed by atoms with E-state index in [2.05, 4.69) is 31.1 Å². The van der Waals surface area contributed by atoms with E-state index in [0.717, 1.165) is 19.6 Å². The van der Waals surface area contributed by atoms with E-state index in [-0.39, 0.29) is 0 Å². The van der Waals surface area contributed by atoms with Gasteiger partial charge in [0.25, 0.3) is 0 Å². The Hall–Kier alpha value is -0.800. The molecule has 0 aliphatic rings. The minimum absolute atomic E-state index is 0.374. The molecule has 0 radical (unpaired) electrons. The Bertz CT molecular complexity index is 233. The summed E-state index contributed by atoms with van der Waals surface area (Å²) in [4.78, 5) is 2.29. The van der Waals surface area contributed by atoms with Crippen LogP contribution in [-0.2, 0) is 0 Å². The number of hydrogen-bond acceptors (Lipinski definition) is 3. The van der Waals surface area contributed by atoms with Crippen molar-refractivity contribution in [3.63, 3.8) is 0 Å². The fourth-order valence-electron chi connectivity index (χ4n) is 1.27. The molecule has 1 atom stereocenters. The molecule has 0 amide bonds. The first-order valence-corrected chi connectivity index (χ1v) is 5.18. The van der Waals surface area contributed by atoms with E-state index in [4.69, 9.17) is 4.42 Å². The molecule has 0 saturated carbocycles. The minimum atomic E-state index is 0.374. The van der Waals surface area contributed by atoms with Gasteiger partial charge in [0.1, 0.15) is 0 Å². The molecular formula is C11H20N2O. The minimum Gasteiger partial charge on any atom is -0.472 e. The molecule has 3 heteroatoms. The van der Waals surface area contributed by atoms with Gasteiger partial charge in [-0.15, -0.1) is 0 Å². The van der Waals surface area contributed by atoms with Gasteiger partial charge in [-0.1, -0.05) is 6.92 Å². The van der Waals surface area contributed by atoms with Crippen LogP contribution in [0.25, 0.3) is 0 Å². The lowest BCUT2D eigenvalue weighted by atomic mass is 10.2. The number of nitrogens with one attached hydrogen (secondary N) is 1. The number of furan rings is 1. The molecule has 0 bridgehead atoms. The van der Waals surface area contributed by atoms with Crippen LogP contribution in [-0.4, -0.2) is 31.6 Å². The van der Waals surface area contributed by atoms with Gasteiger partial charge in [-0.05, 0) is 26.6 Å². The molecule has 0 saturated heterocycles. The van der Waals surface area contributed by atoms with Crippen molar-refractivity contribution >= 4 is 0 Å². The van der Waals surface area contributed by atoms with Crippen molar-refractivity contribution in [3.8, 4) is 0 Å². The molecule has 80 valence electrons. The molecular weight excluding hydrogens is 176 g/mol. The Morgan fingerprint density at radius 1 is 1.57 bits per heavy atom. The summed E-state index contributed by atoms with van der Waals surface area (Å²) >= 11 is 0. The van der Waals surface area contributed by atoms with E-state index in [0.29, 0.717) is 6.04 Å². The molecule has 0 aromatic carbocycles. The highest BCUT2D eigenvalue weighted by atomic mass is 16.3. The molecule has 0 spiro atoms. The summed E-state index contributed by atoms with van der Waals surface area (Å²) in [6.07, 6.45) is 3.51. The van der Waals surface area contributed by atoms with Crippen molar-refractivity contribution in [2.75, 3.05) is 26.7 Å². The average molecular weight is 196 g/mol.